The smallest absolute Gasteiger partial charge is 0.225 e. The average molecular weight is 372 g/mol. The lowest BCUT2D eigenvalue weighted by molar-refractivity contribution is -0.120. The van der Waals surface area contributed by atoms with Gasteiger partial charge in [-0.2, -0.15) is 0 Å². The van der Waals surface area contributed by atoms with E-state index in [4.69, 9.17) is 0 Å². The Morgan fingerprint density at radius 1 is 1.23 bits per heavy atom. The van der Waals surface area contributed by atoms with Gasteiger partial charge in [0.15, 0.2) is 5.13 Å². The zero-order chi connectivity index (χ0) is 18.4. The summed E-state index contributed by atoms with van der Waals surface area (Å²) in [6, 6.07) is 5.82. The van der Waals surface area contributed by atoms with Crippen molar-refractivity contribution in [3.05, 3.63) is 35.4 Å². The molecule has 0 fully saturated rings. The maximum atomic E-state index is 12.2. The van der Waals surface area contributed by atoms with E-state index < -0.39 is 0 Å². The third-order valence-electron chi connectivity index (χ3n) is 4.54. The summed E-state index contributed by atoms with van der Waals surface area (Å²) in [5.41, 5.74) is 3.28. The quantitative estimate of drug-likeness (QED) is 0.717. The van der Waals surface area contributed by atoms with E-state index in [2.05, 4.69) is 21.7 Å². The minimum atomic E-state index is -0.0447. The number of allylic oxidation sites excluding steroid dienone is 1. The van der Waals surface area contributed by atoms with Gasteiger partial charge in [-0.25, -0.2) is 4.98 Å². The van der Waals surface area contributed by atoms with Crippen molar-refractivity contribution in [2.75, 3.05) is 11.9 Å². The molecule has 1 aromatic heterocycles. The number of carbonyl (C=O) groups excluding carboxylic acids is 2. The highest BCUT2D eigenvalue weighted by atomic mass is 32.1. The van der Waals surface area contributed by atoms with Crippen molar-refractivity contribution in [3.8, 4) is 0 Å². The predicted molar refractivity (Wildman–Crippen MR) is 106 cm³/mol. The number of nitrogens with zero attached hydrogens (tertiary/aromatic N) is 1. The first-order valence-electron chi connectivity index (χ1n) is 9.28. The average Bonchev–Trinajstić information content (AvgIpc) is 3.04. The molecule has 26 heavy (non-hydrogen) atoms. The van der Waals surface area contributed by atoms with Crippen molar-refractivity contribution in [2.24, 2.45) is 0 Å². The largest absolute Gasteiger partial charge is 0.355 e. The van der Waals surface area contributed by atoms with Gasteiger partial charge >= 0.3 is 0 Å². The molecule has 1 heterocycles. The van der Waals surface area contributed by atoms with Gasteiger partial charge in [0.05, 0.1) is 16.6 Å². The second-order valence-corrected chi connectivity index (χ2v) is 7.64. The molecule has 2 amide bonds. The molecule has 3 rings (SSSR count). The van der Waals surface area contributed by atoms with Crippen molar-refractivity contribution in [2.45, 2.75) is 51.9 Å². The van der Waals surface area contributed by atoms with E-state index in [0.29, 0.717) is 24.5 Å². The summed E-state index contributed by atoms with van der Waals surface area (Å²) in [6.07, 6.45) is 8.99. The number of nitrogens with one attached hydrogen (secondary N) is 2. The van der Waals surface area contributed by atoms with E-state index in [1.807, 2.05) is 25.1 Å². The molecule has 0 atom stereocenters. The van der Waals surface area contributed by atoms with Crippen LogP contribution in [0.15, 0.2) is 29.8 Å². The van der Waals surface area contributed by atoms with Crippen LogP contribution in [-0.4, -0.2) is 23.3 Å². The number of amides is 2. The van der Waals surface area contributed by atoms with Crippen LogP contribution < -0.4 is 10.6 Å². The molecular weight excluding hydrogens is 346 g/mol. The van der Waals surface area contributed by atoms with E-state index in [1.165, 1.54) is 42.6 Å². The molecule has 2 N–H and O–H groups in total. The number of rotatable bonds is 7. The fraction of sp³-hybridized carbons (Fsp3) is 0.450. The van der Waals surface area contributed by atoms with Gasteiger partial charge in [-0.15, -0.1) is 0 Å². The number of hydrogen-bond acceptors (Lipinski definition) is 4. The van der Waals surface area contributed by atoms with Gasteiger partial charge in [-0.1, -0.05) is 36.0 Å². The van der Waals surface area contributed by atoms with Crippen LogP contribution in [-0.2, 0) is 16.0 Å². The predicted octanol–water partition coefficient (Wildman–Crippen LogP) is 4.19. The molecule has 0 radical (unpaired) electrons. The SMILES string of the molecule is CCC(=O)Nc1nc2ccc(CC(=O)NCCC3=CCCCC3)cc2s1. The fourth-order valence-electron chi connectivity index (χ4n) is 3.08. The highest BCUT2D eigenvalue weighted by Gasteiger charge is 2.10. The summed E-state index contributed by atoms with van der Waals surface area (Å²) < 4.78 is 0.981. The van der Waals surface area contributed by atoms with Crippen molar-refractivity contribution >= 4 is 38.5 Å². The lowest BCUT2D eigenvalue weighted by Gasteiger charge is -2.13. The topological polar surface area (TPSA) is 71.1 Å². The van der Waals surface area contributed by atoms with Crippen molar-refractivity contribution in [3.63, 3.8) is 0 Å². The molecule has 0 unspecified atom stereocenters. The van der Waals surface area contributed by atoms with E-state index in [1.54, 1.807) is 0 Å². The summed E-state index contributed by atoms with van der Waals surface area (Å²) in [6.45, 7) is 2.52. The first-order chi connectivity index (χ1) is 12.6. The minimum Gasteiger partial charge on any atom is -0.355 e. The van der Waals surface area contributed by atoms with Gasteiger partial charge in [-0.3, -0.25) is 9.59 Å². The zero-order valence-electron chi connectivity index (χ0n) is 15.1. The fourth-order valence-corrected chi connectivity index (χ4v) is 4.03. The second kappa shape index (κ2) is 8.94. The molecule has 5 nitrogen and oxygen atoms in total. The Labute approximate surface area is 157 Å². The second-order valence-electron chi connectivity index (χ2n) is 6.61. The molecule has 0 saturated heterocycles. The summed E-state index contributed by atoms with van der Waals surface area (Å²) >= 11 is 1.44. The van der Waals surface area contributed by atoms with Gasteiger partial charge in [0.2, 0.25) is 11.8 Å². The van der Waals surface area contributed by atoms with Crippen LogP contribution >= 0.6 is 11.3 Å². The van der Waals surface area contributed by atoms with E-state index in [9.17, 15) is 9.59 Å². The highest BCUT2D eigenvalue weighted by molar-refractivity contribution is 7.22. The molecule has 0 aliphatic heterocycles. The first-order valence-corrected chi connectivity index (χ1v) is 10.1. The number of benzene rings is 1. The first kappa shape index (κ1) is 18.6. The maximum absolute atomic E-state index is 12.2. The Bertz CT molecular complexity index is 826. The van der Waals surface area contributed by atoms with Crippen LogP contribution in [0, 0.1) is 0 Å². The molecule has 2 aromatic rings. The normalized spacial score (nSPS) is 14.1. The third-order valence-corrected chi connectivity index (χ3v) is 5.47. The number of hydrogen-bond donors (Lipinski definition) is 2. The summed E-state index contributed by atoms with van der Waals surface area (Å²) in [7, 11) is 0. The summed E-state index contributed by atoms with van der Waals surface area (Å²) in [5.74, 6) is 0.00141. The van der Waals surface area contributed by atoms with E-state index >= 15 is 0 Å². The van der Waals surface area contributed by atoms with Crippen LogP contribution in [0.2, 0.25) is 0 Å². The van der Waals surface area contributed by atoms with Crippen molar-refractivity contribution in [1.82, 2.24) is 10.3 Å². The standard InChI is InChI=1S/C20H25N3O2S/c1-2-18(24)23-20-22-16-9-8-15(12-17(16)26-20)13-19(25)21-11-10-14-6-4-3-5-7-14/h6,8-9,12H,2-5,7,10-11,13H2,1H3,(H,21,25)(H,22,23,24). The Kier molecular flexibility index (Phi) is 6.39. The van der Waals surface area contributed by atoms with Crippen molar-refractivity contribution < 1.29 is 9.59 Å². The molecular formula is C20H25N3O2S. The van der Waals surface area contributed by atoms with E-state index in [0.717, 1.165) is 22.2 Å². The zero-order valence-corrected chi connectivity index (χ0v) is 16.0. The summed E-state index contributed by atoms with van der Waals surface area (Å²) in [4.78, 5) is 28.1. The molecule has 138 valence electrons. The monoisotopic (exact) mass is 371 g/mol. The van der Waals surface area contributed by atoms with Crippen molar-refractivity contribution in [1.29, 1.82) is 0 Å². The Balaban J connectivity index is 1.53. The van der Waals surface area contributed by atoms with Gasteiger partial charge < -0.3 is 10.6 Å². The Hall–Kier alpha value is -2.21. The molecule has 0 bridgehead atoms. The summed E-state index contributed by atoms with van der Waals surface area (Å²) in [5, 5.41) is 6.41. The Morgan fingerprint density at radius 2 is 2.12 bits per heavy atom. The molecule has 1 aliphatic rings. The number of carbonyl (C=O) groups is 2. The van der Waals surface area contributed by atoms with Crippen LogP contribution in [0.4, 0.5) is 5.13 Å². The van der Waals surface area contributed by atoms with Gasteiger partial charge in [0.25, 0.3) is 0 Å². The number of fused-ring (bicyclic) bond motifs is 1. The molecule has 6 heteroatoms. The van der Waals surface area contributed by atoms with Crippen LogP contribution in [0.25, 0.3) is 10.2 Å². The minimum absolute atomic E-state index is 0.0447. The molecule has 1 aliphatic carbocycles. The van der Waals surface area contributed by atoms with Gasteiger partial charge in [-0.05, 0) is 49.8 Å². The van der Waals surface area contributed by atoms with Crippen LogP contribution in [0.1, 0.15) is 51.0 Å². The lowest BCUT2D eigenvalue weighted by Crippen LogP contribution is -2.26. The third kappa shape index (κ3) is 5.14. The van der Waals surface area contributed by atoms with E-state index in [-0.39, 0.29) is 11.8 Å². The lowest BCUT2D eigenvalue weighted by atomic mass is 9.97. The van der Waals surface area contributed by atoms with Gasteiger partial charge in [0, 0.05) is 13.0 Å². The number of aromatic nitrogens is 1. The van der Waals surface area contributed by atoms with Gasteiger partial charge in [0.1, 0.15) is 0 Å². The molecule has 0 saturated carbocycles. The number of thiazole rings is 1. The molecule has 0 spiro atoms. The van der Waals surface area contributed by atoms with Crippen LogP contribution in [0.3, 0.4) is 0 Å². The Morgan fingerprint density at radius 3 is 2.88 bits per heavy atom. The van der Waals surface area contributed by atoms with Crippen LogP contribution in [0.5, 0.6) is 0 Å². The highest BCUT2D eigenvalue weighted by Crippen LogP contribution is 2.27. The molecule has 1 aromatic carbocycles. The number of anilines is 1. The maximum Gasteiger partial charge on any atom is 0.225 e.